The maximum Gasteiger partial charge on any atom is 0.237 e. The minimum atomic E-state index is -1.03. The minimum absolute atomic E-state index is 0.333. The molecule has 0 unspecified atom stereocenters. The Balaban J connectivity index is 2.45. The number of rotatable bonds is 7. The normalized spacial score (nSPS) is 13.1. The first-order chi connectivity index (χ1) is 9.00. The Kier molecular flexibility index (Phi) is 5.95. The van der Waals surface area contributed by atoms with Gasteiger partial charge in [0.25, 0.3) is 0 Å². The van der Waals surface area contributed by atoms with Crippen LogP contribution >= 0.6 is 0 Å². The molecule has 1 aromatic rings. The van der Waals surface area contributed by atoms with Gasteiger partial charge in [-0.05, 0) is 25.3 Å². The monoisotopic (exact) mass is 266 g/mol. The number of nitrogens with two attached hydrogens (primary N) is 1. The van der Waals surface area contributed by atoms with E-state index in [0.717, 1.165) is 5.56 Å². The number of carbonyl (C=O) groups excluding carboxylic acids is 1. The molecule has 1 aromatic carbocycles. The van der Waals surface area contributed by atoms with Crippen molar-refractivity contribution in [2.24, 2.45) is 5.73 Å². The maximum atomic E-state index is 11.8. The van der Waals surface area contributed by atoms with Gasteiger partial charge in [0.15, 0.2) is 0 Å². The largest absolute Gasteiger partial charge is 0.394 e. The number of aryl methyl sites for hydroxylation is 1. The standard InChI is InChI=1S/C14H22N2O3/c1-14(9-17,10-18)16-13(19)12(15)8-7-11-5-3-2-4-6-11/h2-6,12,17-18H,7-10,15H2,1H3,(H,16,19)/t12-/m0/s1. The lowest BCUT2D eigenvalue weighted by molar-refractivity contribution is -0.125. The fourth-order valence-electron chi connectivity index (χ4n) is 1.62. The highest BCUT2D eigenvalue weighted by molar-refractivity contribution is 5.82. The van der Waals surface area contributed by atoms with Crippen molar-refractivity contribution in [2.45, 2.75) is 31.3 Å². The van der Waals surface area contributed by atoms with Gasteiger partial charge in [-0.2, -0.15) is 0 Å². The van der Waals surface area contributed by atoms with Gasteiger partial charge in [0, 0.05) is 0 Å². The molecule has 0 spiro atoms. The zero-order valence-electron chi connectivity index (χ0n) is 11.2. The van der Waals surface area contributed by atoms with Gasteiger partial charge in [-0.25, -0.2) is 0 Å². The SMILES string of the molecule is CC(CO)(CO)NC(=O)[C@@H](N)CCc1ccccc1. The molecule has 0 aliphatic carbocycles. The number of amides is 1. The second kappa shape index (κ2) is 7.23. The van der Waals surface area contributed by atoms with E-state index in [-0.39, 0.29) is 19.1 Å². The van der Waals surface area contributed by atoms with Crippen molar-refractivity contribution in [3.63, 3.8) is 0 Å². The van der Waals surface area contributed by atoms with Crippen LogP contribution < -0.4 is 11.1 Å². The molecule has 0 fully saturated rings. The lowest BCUT2D eigenvalue weighted by Crippen LogP contribution is -2.56. The van der Waals surface area contributed by atoms with Crippen molar-refractivity contribution < 1.29 is 15.0 Å². The van der Waals surface area contributed by atoms with Crippen LogP contribution in [0, 0.1) is 0 Å². The summed E-state index contributed by atoms with van der Waals surface area (Å²) < 4.78 is 0. The van der Waals surface area contributed by atoms with Crippen molar-refractivity contribution in [1.82, 2.24) is 5.32 Å². The predicted molar refractivity (Wildman–Crippen MR) is 73.5 cm³/mol. The molecule has 19 heavy (non-hydrogen) atoms. The zero-order chi connectivity index (χ0) is 14.3. The third kappa shape index (κ3) is 4.98. The second-order valence-corrected chi connectivity index (χ2v) is 5.00. The van der Waals surface area contributed by atoms with Gasteiger partial charge < -0.3 is 21.3 Å². The Morgan fingerprint density at radius 3 is 2.42 bits per heavy atom. The molecular weight excluding hydrogens is 244 g/mol. The molecule has 0 aliphatic heterocycles. The summed E-state index contributed by atoms with van der Waals surface area (Å²) in [7, 11) is 0. The minimum Gasteiger partial charge on any atom is -0.394 e. The van der Waals surface area contributed by atoms with E-state index in [2.05, 4.69) is 5.32 Å². The summed E-state index contributed by atoms with van der Waals surface area (Å²) in [6.07, 6.45) is 1.23. The van der Waals surface area contributed by atoms with E-state index in [1.54, 1.807) is 6.92 Å². The van der Waals surface area contributed by atoms with Crippen molar-refractivity contribution in [1.29, 1.82) is 0 Å². The van der Waals surface area contributed by atoms with Gasteiger partial charge >= 0.3 is 0 Å². The van der Waals surface area contributed by atoms with Crippen LogP contribution in [0.3, 0.4) is 0 Å². The summed E-state index contributed by atoms with van der Waals surface area (Å²) in [5.74, 6) is -0.360. The fourth-order valence-corrected chi connectivity index (χ4v) is 1.62. The van der Waals surface area contributed by atoms with Crippen molar-refractivity contribution >= 4 is 5.91 Å². The quantitative estimate of drug-likeness (QED) is 0.550. The van der Waals surface area contributed by atoms with E-state index >= 15 is 0 Å². The molecule has 1 rings (SSSR count). The van der Waals surface area contributed by atoms with Crippen molar-refractivity contribution in [3.8, 4) is 0 Å². The van der Waals surface area contributed by atoms with Gasteiger partial charge in [-0.15, -0.1) is 0 Å². The van der Waals surface area contributed by atoms with Gasteiger partial charge in [-0.3, -0.25) is 4.79 Å². The maximum absolute atomic E-state index is 11.8. The molecule has 5 heteroatoms. The molecule has 0 aliphatic rings. The lowest BCUT2D eigenvalue weighted by atomic mass is 10.0. The molecule has 5 N–H and O–H groups in total. The second-order valence-electron chi connectivity index (χ2n) is 5.00. The first kappa shape index (κ1) is 15.6. The molecule has 1 amide bonds. The molecule has 0 saturated heterocycles. The third-order valence-electron chi connectivity index (χ3n) is 3.05. The van der Waals surface area contributed by atoms with Crippen LogP contribution in [0.4, 0.5) is 0 Å². The van der Waals surface area contributed by atoms with E-state index < -0.39 is 11.6 Å². The highest BCUT2D eigenvalue weighted by atomic mass is 16.3. The average molecular weight is 266 g/mol. The lowest BCUT2D eigenvalue weighted by Gasteiger charge is -2.27. The number of benzene rings is 1. The molecule has 0 aromatic heterocycles. The number of hydrogen-bond acceptors (Lipinski definition) is 4. The fraction of sp³-hybridized carbons (Fsp3) is 0.500. The van der Waals surface area contributed by atoms with Crippen LogP contribution in [-0.4, -0.2) is 40.9 Å². The molecular formula is C14H22N2O3. The van der Waals surface area contributed by atoms with E-state index in [1.165, 1.54) is 0 Å². The summed E-state index contributed by atoms with van der Waals surface area (Å²) in [6, 6.07) is 9.12. The topological polar surface area (TPSA) is 95.6 Å². The Morgan fingerprint density at radius 2 is 1.89 bits per heavy atom. The Bertz CT molecular complexity index is 391. The van der Waals surface area contributed by atoms with Gasteiger partial charge in [0.2, 0.25) is 5.91 Å². The first-order valence-electron chi connectivity index (χ1n) is 6.34. The molecule has 5 nitrogen and oxygen atoms in total. The summed E-state index contributed by atoms with van der Waals surface area (Å²) in [4.78, 5) is 11.8. The Morgan fingerprint density at radius 1 is 1.32 bits per heavy atom. The molecule has 0 bridgehead atoms. The van der Waals surface area contributed by atoms with E-state index in [0.29, 0.717) is 12.8 Å². The van der Waals surface area contributed by atoms with Crippen molar-refractivity contribution in [2.75, 3.05) is 13.2 Å². The highest BCUT2D eigenvalue weighted by Gasteiger charge is 2.26. The van der Waals surface area contributed by atoms with E-state index in [9.17, 15) is 4.79 Å². The molecule has 0 heterocycles. The van der Waals surface area contributed by atoms with Crippen LogP contribution in [0.2, 0.25) is 0 Å². The van der Waals surface area contributed by atoms with E-state index in [4.69, 9.17) is 15.9 Å². The van der Waals surface area contributed by atoms with Crippen LogP contribution in [-0.2, 0) is 11.2 Å². The smallest absolute Gasteiger partial charge is 0.237 e. The number of aliphatic hydroxyl groups excluding tert-OH is 2. The zero-order valence-corrected chi connectivity index (χ0v) is 11.2. The first-order valence-corrected chi connectivity index (χ1v) is 6.34. The highest BCUT2D eigenvalue weighted by Crippen LogP contribution is 2.06. The summed E-state index contributed by atoms with van der Waals surface area (Å²) in [5, 5.41) is 20.8. The summed E-state index contributed by atoms with van der Waals surface area (Å²) in [6.45, 7) is 0.899. The molecule has 0 radical (unpaired) electrons. The van der Waals surface area contributed by atoms with E-state index in [1.807, 2.05) is 30.3 Å². The number of hydrogen-bond donors (Lipinski definition) is 4. The summed E-state index contributed by atoms with van der Waals surface area (Å²) in [5.41, 5.74) is 5.90. The molecule has 1 atom stereocenters. The van der Waals surface area contributed by atoms with Crippen LogP contribution in [0.5, 0.6) is 0 Å². The van der Waals surface area contributed by atoms with Crippen LogP contribution in [0.1, 0.15) is 18.9 Å². The average Bonchev–Trinajstić information content (AvgIpc) is 2.45. The molecule has 106 valence electrons. The third-order valence-corrected chi connectivity index (χ3v) is 3.05. The van der Waals surface area contributed by atoms with Crippen LogP contribution in [0.25, 0.3) is 0 Å². The predicted octanol–water partition coefficient (Wildman–Crippen LogP) is -0.194. The Hall–Kier alpha value is -1.43. The number of nitrogens with one attached hydrogen (secondary N) is 1. The van der Waals surface area contributed by atoms with Crippen LogP contribution in [0.15, 0.2) is 30.3 Å². The van der Waals surface area contributed by atoms with Gasteiger partial charge in [0.05, 0.1) is 24.8 Å². The Labute approximate surface area is 113 Å². The molecule has 0 saturated carbocycles. The van der Waals surface area contributed by atoms with Gasteiger partial charge in [0.1, 0.15) is 0 Å². The summed E-state index contributed by atoms with van der Waals surface area (Å²) >= 11 is 0. The number of aliphatic hydroxyl groups is 2. The van der Waals surface area contributed by atoms with Gasteiger partial charge in [-0.1, -0.05) is 30.3 Å². The van der Waals surface area contributed by atoms with Crippen molar-refractivity contribution in [3.05, 3.63) is 35.9 Å². The number of carbonyl (C=O) groups is 1.